The number of aromatic nitrogens is 1. The Morgan fingerprint density at radius 3 is 2.58 bits per heavy atom. The van der Waals surface area contributed by atoms with Crippen LogP contribution in [0.1, 0.15) is 33.8 Å². The van der Waals surface area contributed by atoms with E-state index in [-0.39, 0.29) is 29.6 Å². The Morgan fingerprint density at radius 1 is 1.06 bits per heavy atom. The Kier molecular flexibility index (Phi) is 6.09. The predicted molar refractivity (Wildman–Crippen MR) is 125 cm³/mol. The molecule has 0 spiro atoms. The van der Waals surface area contributed by atoms with Crippen LogP contribution in [0, 0.1) is 11.7 Å². The number of likely N-dealkylation sites (tertiary alicyclic amines) is 2. The lowest BCUT2D eigenvalue weighted by atomic mass is 9.81. The molecule has 0 unspecified atom stereocenters. The molecular formula is C27H28FN3O2. The van der Waals surface area contributed by atoms with E-state index in [1.54, 1.807) is 31.6 Å². The first-order chi connectivity index (χ1) is 16.1. The minimum atomic E-state index is -0.237. The van der Waals surface area contributed by atoms with Crippen molar-refractivity contribution in [3.63, 3.8) is 0 Å². The molecule has 2 aromatic carbocycles. The smallest absolute Gasteiger partial charge is 0.254 e. The average molecular weight is 446 g/mol. The van der Waals surface area contributed by atoms with E-state index in [2.05, 4.69) is 16.0 Å². The SMILES string of the molecule is COc1ccccc1CN1CC[C@H]2[C@@H](C1)[C@H](c1ccc(F)cc1)CN2C(=O)c1ccncc1. The van der Waals surface area contributed by atoms with Gasteiger partial charge in [-0.15, -0.1) is 0 Å². The third-order valence-corrected chi connectivity index (χ3v) is 7.09. The highest BCUT2D eigenvalue weighted by Gasteiger charge is 2.47. The molecule has 2 saturated heterocycles. The van der Waals surface area contributed by atoms with Gasteiger partial charge in [-0.3, -0.25) is 14.7 Å². The van der Waals surface area contributed by atoms with Gasteiger partial charge in [0.25, 0.3) is 5.91 Å². The maximum absolute atomic E-state index is 13.6. The molecule has 1 aromatic heterocycles. The molecule has 6 heteroatoms. The summed E-state index contributed by atoms with van der Waals surface area (Å²) in [5.74, 6) is 1.16. The summed E-state index contributed by atoms with van der Waals surface area (Å²) < 4.78 is 19.2. The van der Waals surface area contributed by atoms with E-state index < -0.39 is 0 Å². The number of rotatable bonds is 5. The predicted octanol–water partition coefficient (Wildman–Crippen LogP) is 4.36. The molecule has 33 heavy (non-hydrogen) atoms. The normalized spacial score (nSPS) is 22.7. The van der Waals surface area contributed by atoms with E-state index in [0.29, 0.717) is 12.1 Å². The van der Waals surface area contributed by atoms with E-state index in [1.807, 2.05) is 35.2 Å². The first-order valence-corrected chi connectivity index (χ1v) is 11.4. The van der Waals surface area contributed by atoms with Crippen LogP contribution in [-0.2, 0) is 6.54 Å². The van der Waals surface area contributed by atoms with E-state index >= 15 is 0 Å². The number of halogens is 1. The van der Waals surface area contributed by atoms with Crippen molar-refractivity contribution in [2.45, 2.75) is 24.9 Å². The number of methoxy groups -OCH3 is 1. The van der Waals surface area contributed by atoms with Crippen LogP contribution in [-0.4, -0.2) is 53.5 Å². The maximum Gasteiger partial charge on any atom is 0.254 e. The van der Waals surface area contributed by atoms with Gasteiger partial charge in [0.15, 0.2) is 0 Å². The second kappa shape index (κ2) is 9.32. The van der Waals surface area contributed by atoms with Crippen molar-refractivity contribution in [1.29, 1.82) is 0 Å². The van der Waals surface area contributed by atoms with Gasteiger partial charge in [0.1, 0.15) is 11.6 Å². The van der Waals surface area contributed by atoms with Crippen molar-refractivity contribution in [2.75, 3.05) is 26.7 Å². The molecule has 0 radical (unpaired) electrons. The molecule has 2 fully saturated rings. The van der Waals surface area contributed by atoms with Gasteiger partial charge in [-0.05, 0) is 42.3 Å². The fourth-order valence-electron chi connectivity index (χ4n) is 5.48. The van der Waals surface area contributed by atoms with Crippen LogP contribution in [0.2, 0.25) is 0 Å². The zero-order valence-electron chi connectivity index (χ0n) is 18.7. The van der Waals surface area contributed by atoms with Crippen molar-refractivity contribution in [3.8, 4) is 5.75 Å². The van der Waals surface area contributed by atoms with Crippen molar-refractivity contribution < 1.29 is 13.9 Å². The first-order valence-electron chi connectivity index (χ1n) is 11.4. The second-order valence-electron chi connectivity index (χ2n) is 8.92. The minimum Gasteiger partial charge on any atom is -0.496 e. The van der Waals surface area contributed by atoms with Gasteiger partial charge in [-0.25, -0.2) is 4.39 Å². The number of piperidine rings is 1. The fourth-order valence-corrected chi connectivity index (χ4v) is 5.48. The van der Waals surface area contributed by atoms with E-state index in [9.17, 15) is 9.18 Å². The third kappa shape index (κ3) is 4.35. The van der Waals surface area contributed by atoms with Gasteiger partial charge in [-0.2, -0.15) is 0 Å². The van der Waals surface area contributed by atoms with Gasteiger partial charge in [0, 0.05) is 67.6 Å². The topological polar surface area (TPSA) is 45.7 Å². The molecule has 0 saturated carbocycles. The minimum absolute atomic E-state index is 0.0511. The van der Waals surface area contributed by atoms with Gasteiger partial charge in [0.2, 0.25) is 0 Å². The van der Waals surface area contributed by atoms with Crippen LogP contribution < -0.4 is 4.74 Å². The number of carbonyl (C=O) groups excluding carboxylic acids is 1. The highest BCUT2D eigenvalue weighted by atomic mass is 19.1. The van der Waals surface area contributed by atoms with Crippen LogP contribution in [0.25, 0.3) is 0 Å². The van der Waals surface area contributed by atoms with Crippen LogP contribution in [0.4, 0.5) is 4.39 Å². The standard InChI is InChI=1S/C27H28FN3O2/c1-33-26-5-3-2-4-21(26)16-30-15-12-25-24(17-30)23(19-6-8-22(28)9-7-19)18-31(25)27(32)20-10-13-29-14-11-20/h2-11,13-14,23-25H,12,15-18H2,1H3/t23-,24-,25-/m0/s1. The lowest BCUT2D eigenvalue weighted by molar-refractivity contribution is 0.0613. The molecule has 170 valence electrons. The van der Waals surface area contributed by atoms with Crippen molar-refractivity contribution >= 4 is 5.91 Å². The number of nitrogens with zero attached hydrogens (tertiary/aromatic N) is 3. The monoisotopic (exact) mass is 445 g/mol. The largest absolute Gasteiger partial charge is 0.496 e. The molecule has 0 N–H and O–H groups in total. The highest BCUT2D eigenvalue weighted by molar-refractivity contribution is 5.94. The fraction of sp³-hybridized carbons (Fsp3) is 0.333. The van der Waals surface area contributed by atoms with E-state index in [1.165, 1.54) is 17.7 Å². The summed E-state index contributed by atoms with van der Waals surface area (Å²) in [6.07, 6.45) is 4.23. The number of fused-ring (bicyclic) bond motifs is 1. The number of para-hydroxylation sites is 1. The highest BCUT2D eigenvalue weighted by Crippen LogP contribution is 2.42. The van der Waals surface area contributed by atoms with Gasteiger partial charge < -0.3 is 9.64 Å². The summed E-state index contributed by atoms with van der Waals surface area (Å²) in [5.41, 5.74) is 2.93. The Morgan fingerprint density at radius 2 is 1.82 bits per heavy atom. The lowest BCUT2D eigenvalue weighted by Gasteiger charge is -2.39. The number of amides is 1. The Labute approximate surface area is 193 Å². The Hall–Kier alpha value is -3.25. The number of hydrogen-bond acceptors (Lipinski definition) is 4. The van der Waals surface area contributed by atoms with Crippen molar-refractivity contribution in [2.24, 2.45) is 5.92 Å². The lowest BCUT2D eigenvalue weighted by Crippen LogP contribution is -2.47. The molecule has 5 rings (SSSR count). The summed E-state index contributed by atoms with van der Waals surface area (Å²) in [7, 11) is 1.70. The molecule has 3 atom stereocenters. The van der Waals surface area contributed by atoms with Crippen molar-refractivity contribution in [1.82, 2.24) is 14.8 Å². The summed E-state index contributed by atoms with van der Waals surface area (Å²) in [5, 5.41) is 0. The Balaban J connectivity index is 1.41. The van der Waals surface area contributed by atoms with Crippen LogP contribution in [0.15, 0.2) is 73.1 Å². The van der Waals surface area contributed by atoms with Crippen LogP contribution in [0.3, 0.4) is 0 Å². The zero-order valence-corrected chi connectivity index (χ0v) is 18.7. The molecule has 2 aliphatic heterocycles. The molecule has 3 heterocycles. The number of pyridine rings is 1. The second-order valence-corrected chi connectivity index (χ2v) is 8.92. The summed E-state index contributed by atoms with van der Waals surface area (Å²) in [6.45, 7) is 3.24. The molecule has 1 amide bonds. The average Bonchev–Trinajstić information content (AvgIpc) is 3.24. The first kappa shape index (κ1) is 21.6. The third-order valence-electron chi connectivity index (χ3n) is 7.09. The molecule has 5 nitrogen and oxygen atoms in total. The quantitative estimate of drug-likeness (QED) is 0.586. The van der Waals surface area contributed by atoms with Gasteiger partial charge in [0.05, 0.1) is 7.11 Å². The van der Waals surface area contributed by atoms with Crippen LogP contribution >= 0.6 is 0 Å². The molecular weight excluding hydrogens is 417 g/mol. The number of benzene rings is 2. The number of ether oxygens (including phenoxy) is 1. The molecule has 0 aliphatic carbocycles. The summed E-state index contributed by atoms with van der Waals surface area (Å²) >= 11 is 0. The zero-order chi connectivity index (χ0) is 22.8. The van der Waals surface area contributed by atoms with Crippen molar-refractivity contribution in [3.05, 3.63) is 95.6 Å². The number of carbonyl (C=O) groups is 1. The molecule has 3 aromatic rings. The molecule has 2 aliphatic rings. The summed E-state index contributed by atoms with van der Waals surface area (Å²) in [4.78, 5) is 21.9. The van der Waals surface area contributed by atoms with Crippen LogP contribution in [0.5, 0.6) is 5.75 Å². The van der Waals surface area contributed by atoms with Gasteiger partial charge >= 0.3 is 0 Å². The van der Waals surface area contributed by atoms with E-state index in [4.69, 9.17) is 4.74 Å². The molecule has 0 bridgehead atoms. The maximum atomic E-state index is 13.6. The summed E-state index contributed by atoms with van der Waals surface area (Å²) in [6, 6.07) is 18.6. The van der Waals surface area contributed by atoms with Gasteiger partial charge in [-0.1, -0.05) is 30.3 Å². The Bertz CT molecular complexity index is 1110. The van der Waals surface area contributed by atoms with E-state index in [0.717, 1.165) is 37.4 Å². The number of hydrogen-bond donors (Lipinski definition) is 0.